The number of carbonyl (C=O) groups excluding carboxylic acids is 2. The second kappa shape index (κ2) is 10.2. The maximum Gasteiger partial charge on any atom is 0.269 e. The fraction of sp³-hybridized carbons (Fsp3) is 0.292. The lowest BCUT2D eigenvalue weighted by Crippen LogP contribution is -2.36. The van der Waals surface area contributed by atoms with Gasteiger partial charge in [0.25, 0.3) is 17.5 Å². The topological polar surface area (TPSA) is 129 Å². The standard InChI is InChI=1S/C24H25N5O6/c1-34-21-12-19(24(31)27-10-4-3-5-11-27)20(13-22(21)35-2)26-23(30)16-14-25-28(15-16)17-6-8-18(9-7-17)29(32)33/h6-9,12-15H,3-5,10-11H2,1-2H3,(H,26,30). The first-order chi connectivity index (χ1) is 16.9. The minimum absolute atomic E-state index is 0.0433. The van der Waals surface area contributed by atoms with Crippen LogP contribution in [0.4, 0.5) is 11.4 Å². The van der Waals surface area contributed by atoms with Crippen LogP contribution in [0.1, 0.15) is 40.0 Å². The van der Waals surface area contributed by atoms with E-state index in [1.54, 1.807) is 17.0 Å². The van der Waals surface area contributed by atoms with E-state index in [-0.39, 0.29) is 17.2 Å². The molecule has 0 bridgehead atoms. The molecule has 0 unspecified atom stereocenters. The summed E-state index contributed by atoms with van der Waals surface area (Å²) in [5.74, 6) is 0.0945. The minimum Gasteiger partial charge on any atom is -0.493 e. The maximum atomic E-state index is 13.3. The molecule has 1 saturated heterocycles. The lowest BCUT2D eigenvalue weighted by Gasteiger charge is -2.28. The average Bonchev–Trinajstić information content (AvgIpc) is 3.39. The van der Waals surface area contributed by atoms with Crippen molar-refractivity contribution < 1.29 is 24.0 Å². The molecule has 2 aromatic carbocycles. The number of ether oxygens (including phenoxy) is 2. The number of nitro groups is 1. The molecule has 0 radical (unpaired) electrons. The largest absolute Gasteiger partial charge is 0.493 e. The van der Waals surface area contributed by atoms with Crippen molar-refractivity contribution in [3.05, 3.63) is 70.0 Å². The first-order valence-corrected chi connectivity index (χ1v) is 11.1. The van der Waals surface area contributed by atoms with Crippen LogP contribution in [0.2, 0.25) is 0 Å². The van der Waals surface area contributed by atoms with Crippen molar-refractivity contribution in [1.82, 2.24) is 14.7 Å². The van der Waals surface area contributed by atoms with Crippen LogP contribution in [0.25, 0.3) is 5.69 Å². The van der Waals surface area contributed by atoms with Gasteiger partial charge in [0.15, 0.2) is 11.5 Å². The lowest BCUT2D eigenvalue weighted by molar-refractivity contribution is -0.384. The number of nitrogens with one attached hydrogen (secondary N) is 1. The van der Waals surface area contributed by atoms with Gasteiger partial charge in [-0.2, -0.15) is 5.10 Å². The molecule has 0 saturated carbocycles. The number of methoxy groups -OCH3 is 2. The van der Waals surface area contributed by atoms with Gasteiger partial charge in [-0.3, -0.25) is 19.7 Å². The zero-order chi connectivity index (χ0) is 24.9. The van der Waals surface area contributed by atoms with Crippen LogP contribution >= 0.6 is 0 Å². The Balaban J connectivity index is 1.61. The Morgan fingerprint density at radius 1 is 1.03 bits per heavy atom. The number of aromatic nitrogens is 2. The molecule has 1 fully saturated rings. The number of nitro benzene ring substituents is 1. The molecule has 1 aliphatic rings. The number of hydrogen-bond donors (Lipinski definition) is 1. The van der Waals surface area contributed by atoms with E-state index in [4.69, 9.17) is 9.47 Å². The molecule has 4 rings (SSSR count). The van der Waals surface area contributed by atoms with Crippen LogP contribution in [-0.2, 0) is 0 Å². The highest BCUT2D eigenvalue weighted by Crippen LogP contribution is 2.34. The first kappa shape index (κ1) is 23.7. The molecular formula is C24H25N5O6. The third-order valence-electron chi connectivity index (χ3n) is 5.82. The van der Waals surface area contributed by atoms with Crippen LogP contribution in [-0.4, -0.2) is 58.7 Å². The van der Waals surface area contributed by atoms with E-state index < -0.39 is 10.8 Å². The highest BCUT2D eigenvalue weighted by Gasteiger charge is 2.25. The van der Waals surface area contributed by atoms with Crippen molar-refractivity contribution in [2.45, 2.75) is 19.3 Å². The molecule has 35 heavy (non-hydrogen) atoms. The third kappa shape index (κ3) is 5.08. The summed E-state index contributed by atoms with van der Waals surface area (Å²) in [6, 6.07) is 8.94. The number of likely N-dealkylation sites (tertiary alicyclic amines) is 1. The van der Waals surface area contributed by atoms with Gasteiger partial charge in [0.2, 0.25) is 0 Å². The van der Waals surface area contributed by atoms with Crippen molar-refractivity contribution in [1.29, 1.82) is 0 Å². The zero-order valence-electron chi connectivity index (χ0n) is 19.4. The quantitative estimate of drug-likeness (QED) is 0.404. The van der Waals surface area contributed by atoms with Gasteiger partial charge in [0.05, 0.1) is 47.8 Å². The predicted molar refractivity (Wildman–Crippen MR) is 127 cm³/mol. The monoisotopic (exact) mass is 479 g/mol. The molecule has 11 nitrogen and oxygen atoms in total. The summed E-state index contributed by atoms with van der Waals surface area (Å²) in [7, 11) is 2.96. The van der Waals surface area contributed by atoms with Crippen LogP contribution in [0.5, 0.6) is 11.5 Å². The van der Waals surface area contributed by atoms with Gasteiger partial charge in [-0.1, -0.05) is 0 Å². The molecule has 0 atom stereocenters. The van der Waals surface area contributed by atoms with Crippen molar-refractivity contribution in [3.8, 4) is 17.2 Å². The SMILES string of the molecule is COc1cc(NC(=O)c2cnn(-c3ccc([N+](=O)[O-])cc3)c2)c(C(=O)N2CCCCC2)cc1OC. The number of benzene rings is 2. The second-order valence-electron chi connectivity index (χ2n) is 8.01. The van der Waals surface area contributed by atoms with E-state index in [0.29, 0.717) is 41.5 Å². The molecule has 11 heteroatoms. The Morgan fingerprint density at radius 3 is 2.31 bits per heavy atom. The summed E-state index contributed by atoms with van der Waals surface area (Å²) in [5, 5.41) is 17.8. The lowest BCUT2D eigenvalue weighted by atomic mass is 10.1. The Labute approximate surface area is 201 Å². The van der Waals surface area contributed by atoms with Crippen molar-refractivity contribution in [3.63, 3.8) is 0 Å². The van der Waals surface area contributed by atoms with Gasteiger partial charge < -0.3 is 19.7 Å². The zero-order valence-corrected chi connectivity index (χ0v) is 19.4. The van der Waals surface area contributed by atoms with Crippen LogP contribution < -0.4 is 14.8 Å². The van der Waals surface area contributed by atoms with Crippen molar-refractivity contribution >= 4 is 23.2 Å². The van der Waals surface area contributed by atoms with Gasteiger partial charge in [-0.25, -0.2) is 4.68 Å². The molecule has 182 valence electrons. The van der Waals surface area contributed by atoms with E-state index in [2.05, 4.69) is 10.4 Å². The summed E-state index contributed by atoms with van der Waals surface area (Å²) in [4.78, 5) is 38.5. The van der Waals surface area contributed by atoms with Gasteiger partial charge in [0, 0.05) is 37.5 Å². The molecule has 3 aromatic rings. The molecule has 2 heterocycles. The second-order valence-corrected chi connectivity index (χ2v) is 8.01. The highest BCUT2D eigenvalue weighted by molar-refractivity contribution is 6.09. The molecule has 1 N–H and O–H groups in total. The summed E-state index contributed by atoms with van der Waals surface area (Å²) >= 11 is 0. The molecule has 1 aromatic heterocycles. The number of hydrogen-bond acceptors (Lipinski definition) is 7. The van der Waals surface area contributed by atoms with E-state index in [1.807, 2.05) is 0 Å². The number of piperidine rings is 1. The summed E-state index contributed by atoms with van der Waals surface area (Å²) in [6.07, 6.45) is 5.83. The van der Waals surface area contributed by atoms with Crippen LogP contribution in [0.15, 0.2) is 48.8 Å². The summed E-state index contributed by atoms with van der Waals surface area (Å²) in [5.41, 5.74) is 1.36. The maximum absolute atomic E-state index is 13.3. The number of carbonyl (C=O) groups is 2. The Morgan fingerprint density at radius 2 is 1.69 bits per heavy atom. The number of nitrogens with zero attached hydrogens (tertiary/aromatic N) is 4. The molecule has 0 spiro atoms. The van der Waals surface area contributed by atoms with E-state index in [1.165, 1.54) is 55.6 Å². The fourth-order valence-corrected chi connectivity index (χ4v) is 3.93. The van der Waals surface area contributed by atoms with Gasteiger partial charge in [-0.05, 0) is 37.5 Å². The molecule has 2 amide bonds. The number of anilines is 1. The normalized spacial score (nSPS) is 13.3. The summed E-state index contributed by atoms with van der Waals surface area (Å²) in [6.45, 7) is 1.31. The van der Waals surface area contributed by atoms with Crippen LogP contribution in [0.3, 0.4) is 0 Å². The Kier molecular flexibility index (Phi) is 6.95. The van der Waals surface area contributed by atoms with Gasteiger partial charge >= 0.3 is 0 Å². The highest BCUT2D eigenvalue weighted by atomic mass is 16.6. The van der Waals surface area contributed by atoms with Crippen LogP contribution in [0, 0.1) is 10.1 Å². The number of amides is 2. The fourth-order valence-electron chi connectivity index (χ4n) is 3.93. The van der Waals surface area contributed by atoms with Gasteiger partial charge in [-0.15, -0.1) is 0 Å². The molecule has 0 aliphatic carbocycles. The van der Waals surface area contributed by atoms with Gasteiger partial charge in [0.1, 0.15) is 0 Å². The Hall–Kier alpha value is -4.41. The van der Waals surface area contributed by atoms with E-state index >= 15 is 0 Å². The van der Waals surface area contributed by atoms with Crippen molar-refractivity contribution in [2.75, 3.05) is 32.6 Å². The Bertz CT molecular complexity index is 1250. The molecular weight excluding hydrogens is 454 g/mol. The molecule has 1 aliphatic heterocycles. The predicted octanol–water partition coefficient (Wildman–Crippen LogP) is 3.68. The van der Waals surface area contributed by atoms with Crippen molar-refractivity contribution in [2.24, 2.45) is 0 Å². The van der Waals surface area contributed by atoms with E-state index in [9.17, 15) is 19.7 Å². The number of rotatable bonds is 7. The average molecular weight is 479 g/mol. The minimum atomic E-state index is -0.488. The summed E-state index contributed by atoms with van der Waals surface area (Å²) < 4.78 is 12.2. The third-order valence-corrected chi connectivity index (χ3v) is 5.82. The first-order valence-electron chi connectivity index (χ1n) is 11.1. The smallest absolute Gasteiger partial charge is 0.269 e. The number of non-ortho nitro benzene ring substituents is 1. The van der Waals surface area contributed by atoms with E-state index in [0.717, 1.165) is 19.3 Å².